The number of nitrogens with one attached hydrogen (secondary N) is 1. The molecule has 0 amide bonds. The van der Waals surface area contributed by atoms with Crippen LogP contribution in [0.3, 0.4) is 0 Å². The minimum Gasteiger partial charge on any atom is -0.497 e. The second-order valence-corrected chi connectivity index (χ2v) is 7.46. The van der Waals surface area contributed by atoms with Crippen LogP contribution in [0.25, 0.3) is 11.1 Å². The molecule has 3 aromatic rings. The van der Waals surface area contributed by atoms with E-state index in [-0.39, 0.29) is 0 Å². The molecular formula is C26H31NO2. The van der Waals surface area contributed by atoms with E-state index < -0.39 is 0 Å². The van der Waals surface area contributed by atoms with Crippen molar-refractivity contribution in [1.29, 1.82) is 0 Å². The quantitative estimate of drug-likeness (QED) is 0.471. The summed E-state index contributed by atoms with van der Waals surface area (Å²) in [6.45, 7) is 5.47. The average molecular weight is 390 g/mol. The van der Waals surface area contributed by atoms with Crippen LogP contribution in [0.2, 0.25) is 0 Å². The molecule has 152 valence electrons. The molecule has 2 unspecified atom stereocenters. The van der Waals surface area contributed by atoms with Crippen molar-refractivity contribution < 1.29 is 9.47 Å². The Morgan fingerprint density at radius 1 is 0.759 bits per heavy atom. The molecule has 0 fully saturated rings. The Morgan fingerprint density at radius 3 is 2.07 bits per heavy atom. The Kier molecular flexibility index (Phi) is 7.31. The first-order valence-electron chi connectivity index (χ1n) is 10.2. The molecule has 1 N–H and O–H groups in total. The van der Waals surface area contributed by atoms with Gasteiger partial charge in [0.2, 0.25) is 0 Å². The molecule has 0 saturated carbocycles. The van der Waals surface area contributed by atoms with Crippen LogP contribution in [0.15, 0.2) is 72.8 Å². The topological polar surface area (TPSA) is 30.5 Å². The van der Waals surface area contributed by atoms with Crippen molar-refractivity contribution in [3.05, 3.63) is 83.9 Å². The second-order valence-electron chi connectivity index (χ2n) is 7.46. The maximum atomic E-state index is 5.48. The van der Waals surface area contributed by atoms with Crippen molar-refractivity contribution in [2.75, 3.05) is 20.8 Å². The van der Waals surface area contributed by atoms with Gasteiger partial charge in [-0.2, -0.15) is 0 Å². The summed E-state index contributed by atoms with van der Waals surface area (Å²) >= 11 is 0. The van der Waals surface area contributed by atoms with Crippen molar-refractivity contribution in [2.24, 2.45) is 0 Å². The van der Waals surface area contributed by atoms with E-state index >= 15 is 0 Å². The van der Waals surface area contributed by atoms with E-state index in [1.54, 1.807) is 14.2 Å². The van der Waals surface area contributed by atoms with Crippen LogP contribution in [0.5, 0.6) is 11.5 Å². The monoisotopic (exact) mass is 389 g/mol. The van der Waals surface area contributed by atoms with E-state index in [1.165, 1.54) is 16.7 Å². The fraction of sp³-hybridized carbons (Fsp3) is 0.308. The Hall–Kier alpha value is -2.78. The predicted octanol–water partition coefficient (Wildman–Crippen LogP) is 6.22. The fourth-order valence-electron chi connectivity index (χ4n) is 3.57. The Labute approximate surface area is 174 Å². The Balaban J connectivity index is 1.54. The molecule has 0 aliphatic rings. The van der Waals surface area contributed by atoms with Crippen LogP contribution in [0.4, 0.5) is 0 Å². The lowest BCUT2D eigenvalue weighted by Crippen LogP contribution is -2.21. The molecule has 0 aliphatic heterocycles. The van der Waals surface area contributed by atoms with Crippen molar-refractivity contribution >= 4 is 0 Å². The normalized spacial score (nSPS) is 13.0. The molecule has 0 aromatic heterocycles. The maximum absolute atomic E-state index is 5.48. The molecule has 0 spiro atoms. The highest BCUT2D eigenvalue weighted by Crippen LogP contribution is 2.30. The van der Waals surface area contributed by atoms with Gasteiger partial charge in [-0.05, 0) is 60.7 Å². The maximum Gasteiger partial charge on any atom is 0.126 e. The minimum atomic E-state index is 0.310. The minimum absolute atomic E-state index is 0.310. The smallest absolute Gasteiger partial charge is 0.126 e. The summed E-state index contributed by atoms with van der Waals surface area (Å²) in [5, 5.41) is 3.65. The molecule has 3 aromatic carbocycles. The van der Waals surface area contributed by atoms with Gasteiger partial charge in [0.1, 0.15) is 11.5 Å². The van der Waals surface area contributed by atoms with E-state index in [2.05, 4.69) is 61.6 Å². The third-order valence-electron chi connectivity index (χ3n) is 5.54. The van der Waals surface area contributed by atoms with Crippen molar-refractivity contribution in [3.63, 3.8) is 0 Å². The zero-order valence-electron chi connectivity index (χ0n) is 17.8. The molecule has 0 saturated heterocycles. The number of benzene rings is 3. The van der Waals surface area contributed by atoms with Crippen LogP contribution in [0.1, 0.15) is 43.4 Å². The summed E-state index contributed by atoms with van der Waals surface area (Å²) in [5.74, 6) is 2.32. The molecule has 2 atom stereocenters. The SMILES string of the molecule is COc1ccc(C(C)CCNC(C)c2ccc(-c3ccccc3OC)cc2)cc1. The van der Waals surface area contributed by atoms with E-state index in [0.717, 1.165) is 30.0 Å². The highest BCUT2D eigenvalue weighted by molar-refractivity contribution is 5.70. The van der Waals surface area contributed by atoms with E-state index in [9.17, 15) is 0 Å². The van der Waals surface area contributed by atoms with Gasteiger partial charge in [0.15, 0.2) is 0 Å². The third-order valence-corrected chi connectivity index (χ3v) is 5.54. The summed E-state index contributed by atoms with van der Waals surface area (Å²) in [5.41, 5.74) is 4.93. The van der Waals surface area contributed by atoms with Gasteiger partial charge in [-0.15, -0.1) is 0 Å². The number of hydrogen-bond acceptors (Lipinski definition) is 3. The van der Waals surface area contributed by atoms with Gasteiger partial charge in [-0.1, -0.05) is 61.5 Å². The summed E-state index contributed by atoms with van der Waals surface area (Å²) in [7, 11) is 3.42. The van der Waals surface area contributed by atoms with Crippen LogP contribution >= 0.6 is 0 Å². The van der Waals surface area contributed by atoms with Crippen molar-refractivity contribution in [1.82, 2.24) is 5.32 Å². The lowest BCUT2D eigenvalue weighted by atomic mass is 9.97. The van der Waals surface area contributed by atoms with Crippen molar-refractivity contribution in [2.45, 2.75) is 32.2 Å². The van der Waals surface area contributed by atoms with Gasteiger partial charge in [-0.3, -0.25) is 0 Å². The molecule has 0 radical (unpaired) electrons. The molecular weight excluding hydrogens is 358 g/mol. The van der Waals surface area contributed by atoms with Gasteiger partial charge >= 0.3 is 0 Å². The number of rotatable bonds is 9. The molecule has 29 heavy (non-hydrogen) atoms. The molecule has 3 nitrogen and oxygen atoms in total. The first-order valence-corrected chi connectivity index (χ1v) is 10.2. The van der Waals surface area contributed by atoms with E-state index in [0.29, 0.717) is 12.0 Å². The van der Waals surface area contributed by atoms with Gasteiger partial charge < -0.3 is 14.8 Å². The first-order chi connectivity index (χ1) is 14.1. The van der Waals surface area contributed by atoms with Crippen LogP contribution in [0, 0.1) is 0 Å². The largest absolute Gasteiger partial charge is 0.497 e. The van der Waals surface area contributed by atoms with E-state index in [4.69, 9.17) is 9.47 Å². The van der Waals surface area contributed by atoms with Crippen LogP contribution in [-0.4, -0.2) is 20.8 Å². The number of ether oxygens (including phenoxy) is 2. The predicted molar refractivity (Wildman–Crippen MR) is 121 cm³/mol. The first kappa shape index (κ1) is 20.9. The van der Waals surface area contributed by atoms with Gasteiger partial charge in [0.25, 0.3) is 0 Å². The second kappa shape index (κ2) is 10.1. The summed E-state index contributed by atoms with van der Waals surface area (Å²) < 4.78 is 10.7. The third kappa shape index (κ3) is 5.39. The highest BCUT2D eigenvalue weighted by Gasteiger charge is 2.10. The molecule has 0 bridgehead atoms. The molecule has 3 heteroatoms. The molecule has 0 aliphatic carbocycles. The summed E-state index contributed by atoms with van der Waals surface area (Å²) in [6.07, 6.45) is 1.09. The number of methoxy groups -OCH3 is 2. The van der Waals surface area contributed by atoms with Gasteiger partial charge in [0, 0.05) is 11.6 Å². The zero-order valence-corrected chi connectivity index (χ0v) is 17.8. The van der Waals surface area contributed by atoms with E-state index in [1.807, 2.05) is 30.3 Å². The highest BCUT2D eigenvalue weighted by atomic mass is 16.5. The Morgan fingerprint density at radius 2 is 1.41 bits per heavy atom. The van der Waals surface area contributed by atoms with Gasteiger partial charge in [-0.25, -0.2) is 0 Å². The zero-order chi connectivity index (χ0) is 20.6. The molecule has 0 heterocycles. The van der Waals surface area contributed by atoms with Crippen LogP contribution < -0.4 is 14.8 Å². The number of para-hydroxylation sites is 1. The average Bonchev–Trinajstić information content (AvgIpc) is 2.79. The summed E-state index contributed by atoms with van der Waals surface area (Å²) in [6, 6.07) is 25.6. The van der Waals surface area contributed by atoms with Gasteiger partial charge in [0.05, 0.1) is 14.2 Å². The summed E-state index contributed by atoms with van der Waals surface area (Å²) in [4.78, 5) is 0. The van der Waals surface area contributed by atoms with Crippen LogP contribution in [-0.2, 0) is 0 Å². The molecule has 3 rings (SSSR count). The standard InChI is InChI=1S/C26H31NO2/c1-19(21-13-15-24(28-3)16-14-21)17-18-27-20(2)22-9-11-23(12-10-22)25-7-5-6-8-26(25)29-4/h5-16,19-20,27H,17-18H2,1-4H3. The fourth-order valence-corrected chi connectivity index (χ4v) is 3.57. The number of hydrogen-bond donors (Lipinski definition) is 1. The Bertz CT molecular complexity index is 887. The lowest BCUT2D eigenvalue weighted by molar-refractivity contribution is 0.414. The van der Waals surface area contributed by atoms with Crippen molar-refractivity contribution in [3.8, 4) is 22.6 Å². The lowest BCUT2D eigenvalue weighted by Gasteiger charge is -2.18.